The average Bonchev–Trinajstić information content (AvgIpc) is 2.19. The molecule has 0 spiro atoms. The molecule has 0 aliphatic rings. The van der Waals surface area contributed by atoms with E-state index in [1.165, 1.54) is 0 Å². The van der Waals surface area contributed by atoms with Gasteiger partial charge in [-0.25, -0.2) is 9.97 Å². The number of nitrogens with two attached hydrogens (primary N) is 1. The van der Waals surface area contributed by atoms with E-state index in [2.05, 4.69) is 29.1 Å². The van der Waals surface area contributed by atoms with Gasteiger partial charge in [0.2, 0.25) is 0 Å². The van der Waals surface area contributed by atoms with Crippen LogP contribution >= 0.6 is 0 Å². The molecule has 0 fully saturated rings. The van der Waals surface area contributed by atoms with E-state index in [1.807, 2.05) is 6.92 Å². The van der Waals surface area contributed by atoms with Crippen LogP contribution in [0.4, 0.5) is 11.5 Å². The largest absolute Gasteiger partial charge is 0.394 e. The van der Waals surface area contributed by atoms with Crippen molar-refractivity contribution in [3.05, 3.63) is 12.0 Å². The minimum absolute atomic E-state index is 0.437. The summed E-state index contributed by atoms with van der Waals surface area (Å²) >= 11 is 0. The molecule has 3 N–H and O–H groups in total. The highest BCUT2D eigenvalue weighted by Crippen LogP contribution is 2.16. The van der Waals surface area contributed by atoms with Gasteiger partial charge in [-0.1, -0.05) is 13.8 Å². The number of aromatic nitrogens is 2. The van der Waals surface area contributed by atoms with Crippen molar-refractivity contribution in [1.82, 2.24) is 9.97 Å². The van der Waals surface area contributed by atoms with Crippen LogP contribution in [-0.2, 0) is 0 Å². The summed E-state index contributed by atoms with van der Waals surface area (Å²) in [5.41, 5.74) is 6.37. The molecule has 1 rings (SSSR count). The highest BCUT2D eigenvalue weighted by molar-refractivity contribution is 5.59. The summed E-state index contributed by atoms with van der Waals surface area (Å²) in [7, 11) is 0. The standard InChI is InChI=1S/C10H18N4/c1-4-8(5-2)14-10-9(11)6-12-7(3)13-10/h6,8H,4-5,11H2,1-3H3,(H,12,13,14). The molecule has 1 aromatic heterocycles. The van der Waals surface area contributed by atoms with E-state index in [1.54, 1.807) is 6.20 Å². The third-order valence-electron chi connectivity index (χ3n) is 2.26. The zero-order valence-electron chi connectivity index (χ0n) is 9.04. The number of nitrogens with one attached hydrogen (secondary N) is 1. The maximum absolute atomic E-state index is 5.76. The van der Waals surface area contributed by atoms with Gasteiger partial charge in [-0.15, -0.1) is 0 Å². The summed E-state index contributed by atoms with van der Waals surface area (Å²) in [6, 6.07) is 0.437. The minimum atomic E-state index is 0.437. The summed E-state index contributed by atoms with van der Waals surface area (Å²) in [6.07, 6.45) is 3.78. The van der Waals surface area contributed by atoms with Crippen molar-refractivity contribution in [3.63, 3.8) is 0 Å². The Labute approximate surface area is 85.0 Å². The fourth-order valence-electron chi connectivity index (χ4n) is 1.28. The Balaban J connectivity index is 2.79. The van der Waals surface area contributed by atoms with Gasteiger partial charge in [-0.3, -0.25) is 0 Å². The molecule has 78 valence electrons. The number of anilines is 2. The van der Waals surface area contributed by atoms with Crippen LogP contribution in [0, 0.1) is 6.92 Å². The predicted octanol–water partition coefficient (Wildman–Crippen LogP) is 1.97. The Bertz CT molecular complexity index is 294. The number of nitrogen functional groups attached to an aromatic ring is 1. The topological polar surface area (TPSA) is 63.8 Å². The molecular formula is C10H18N4. The molecule has 0 saturated carbocycles. The van der Waals surface area contributed by atoms with E-state index in [0.717, 1.165) is 24.5 Å². The van der Waals surface area contributed by atoms with Gasteiger partial charge in [0.05, 0.1) is 11.9 Å². The number of aryl methyl sites for hydroxylation is 1. The van der Waals surface area contributed by atoms with Crippen LogP contribution in [0.3, 0.4) is 0 Å². The molecular weight excluding hydrogens is 176 g/mol. The van der Waals surface area contributed by atoms with Crippen molar-refractivity contribution in [2.45, 2.75) is 39.7 Å². The van der Waals surface area contributed by atoms with Crippen molar-refractivity contribution < 1.29 is 0 Å². The second kappa shape index (κ2) is 4.79. The van der Waals surface area contributed by atoms with E-state index >= 15 is 0 Å². The Morgan fingerprint density at radius 2 is 2.07 bits per heavy atom. The summed E-state index contributed by atoms with van der Waals surface area (Å²) in [5, 5.41) is 3.31. The van der Waals surface area contributed by atoms with E-state index in [0.29, 0.717) is 11.7 Å². The summed E-state index contributed by atoms with van der Waals surface area (Å²) in [6.45, 7) is 6.15. The Kier molecular flexibility index (Phi) is 3.68. The Hall–Kier alpha value is -1.32. The second-order valence-electron chi connectivity index (χ2n) is 3.38. The van der Waals surface area contributed by atoms with Crippen molar-refractivity contribution in [2.24, 2.45) is 0 Å². The third kappa shape index (κ3) is 2.58. The van der Waals surface area contributed by atoms with E-state index in [4.69, 9.17) is 5.73 Å². The Morgan fingerprint density at radius 3 is 2.64 bits per heavy atom. The van der Waals surface area contributed by atoms with Crippen LogP contribution in [0.25, 0.3) is 0 Å². The van der Waals surface area contributed by atoms with Gasteiger partial charge in [0, 0.05) is 6.04 Å². The van der Waals surface area contributed by atoms with Gasteiger partial charge >= 0.3 is 0 Å². The van der Waals surface area contributed by atoms with Gasteiger partial charge in [0.1, 0.15) is 5.82 Å². The third-order valence-corrected chi connectivity index (χ3v) is 2.26. The molecule has 0 amide bonds. The zero-order valence-corrected chi connectivity index (χ0v) is 9.04. The van der Waals surface area contributed by atoms with Crippen molar-refractivity contribution in [1.29, 1.82) is 0 Å². The highest BCUT2D eigenvalue weighted by atomic mass is 15.1. The van der Waals surface area contributed by atoms with Gasteiger partial charge in [-0.2, -0.15) is 0 Å². The number of nitrogens with zero attached hydrogens (tertiary/aromatic N) is 2. The first-order valence-corrected chi connectivity index (χ1v) is 5.03. The van der Waals surface area contributed by atoms with Gasteiger partial charge in [0.25, 0.3) is 0 Å². The van der Waals surface area contributed by atoms with Crippen LogP contribution in [0.5, 0.6) is 0 Å². The normalized spacial score (nSPS) is 10.6. The highest BCUT2D eigenvalue weighted by Gasteiger charge is 2.07. The predicted molar refractivity (Wildman–Crippen MR) is 59.2 cm³/mol. The molecule has 1 aromatic rings. The number of rotatable bonds is 4. The van der Waals surface area contributed by atoms with E-state index < -0.39 is 0 Å². The molecule has 4 nitrogen and oxygen atoms in total. The molecule has 0 atom stereocenters. The van der Waals surface area contributed by atoms with Gasteiger partial charge in [0.15, 0.2) is 5.82 Å². The van der Waals surface area contributed by atoms with Gasteiger partial charge in [-0.05, 0) is 19.8 Å². The minimum Gasteiger partial charge on any atom is -0.394 e. The molecule has 0 aromatic carbocycles. The quantitative estimate of drug-likeness (QED) is 0.769. The smallest absolute Gasteiger partial charge is 0.153 e. The fourth-order valence-corrected chi connectivity index (χ4v) is 1.28. The van der Waals surface area contributed by atoms with Crippen molar-refractivity contribution in [3.8, 4) is 0 Å². The second-order valence-corrected chi connectivity index (χ2v) is 3.38. The molecule has 4 heteroatoms. The maximum Gasteiger partial charge on any atom is 0.153 e. The van der Waals surface area contributed by atoms with Crippen LogP contribution in [-0.4, -0.2) is 16.0 Å². The first-order valence-electron chi connectivity index (χ1n) is 5.03. The number of hydrogen-bond donors (Lipinski definition) is 2. The van der Waals surface area contributed by atoms with Crippen LogP contribution in [0.15, 0.2) is 6.20 Å². The first kappa shape index (κ1) is 10.8. The monoisotopic (exact) mass is 194 g/mol. The summed E-state index contributed by atoms with van der Waals surface area (Å²) in [4.78, 5) is 8.28. The van der Waals surface area contributed by atoms with Gasteiger partial charge < -0.3 is 11.1 Å². The first-order chi connectivity index (χ1) is 6.67. The lowest BCUT2D eigenvalue weighted by Crippen LogP contribution is -2.19. The van der Waals surface area contributed by atoms with Crippen molar-refractivity contribution in [2.75, 3.05) is 11.1 Å². The zero-order chi connectivity index (χ0) is 10.6. The lowest BCUT2D eigenvalue weighted by atomic mass is 10.2. The molecule has 0 aliphatic carbocycles. The Morgan fingerprint density at radius 1 is 1.43 bits per heavy atom. The fraction of sp³-hybridized carbons (Fsp3) is 0.600. The molecule has 0 radical (unpaired) electrons. The van der Waals surface area contributed by atoms with Crippen molar-refractivity contribution >= 4 is 11.5 Å². The lowest BCUT2D eigenvalue weighted by molar-refractivity contribution is 0.668. The molecule has 14 heavy (non-hydrogen) atoms. The number of hydrogen-bond acceptors (Lipinski definition) is 4. The maximum atomic E-state index is 5.76. The molecule has 0 aliphatic heterocycles. The van der Waals surface area contributed by atoms with Crippen LogP contribution < -0.4 is 11.1 Å². The molecule has 1 heterocycles. The summed E-state index contributed by atoms with van der Waals surface area (Å²) in [5.74, 6) is 1.50. The lowest BCUT2D eigenvalue weighted by Gasteiger charge is -2.16. The SMILES string of the molecule is CCC(CC)Nc1nc(C)ncc1N. The molecule has 0 saturated heterocycles. The molecule has 0 bridgehead atoms. The van der Waals surface area contributed by atoms with Crippen LogP contribution in [0.1, 0.15) is 32.5 Å². The summed E-state index contributed by atoms with van der Waals surface area (Å²) < 4.78 is 0. The van der Waals surface area contributed by atoms with E-state index in [9.17, 15) is 0 Å². The van der Waals surface area contributed by atoms with E-state index in [-0.39, 0.29) is 0 Å². The average molecular weight is 194 g/mol. The van der Waals surface area contributed by atoms with Crippen LogP contribution in [0.2, 0.25) is 0 Å². The molecule has 0 unspecified atom stereocenters.